The van der Waals surface area contributed by atoms with Crippen LogP contribution in [0.5, 0.6) is 0 Å². The van der Waals surface area contributed by atoms with Gasteiger partial charge in [-0.1, -0.05) is 25.1 Å². The molecule has 0 fully saturated rings. The zero-order chi connectivity index (χ0) is 9.03. The second kappa shape index (κ2) is 3.63. The van der Waals surface area contributed by atoms with Gasteiger partial charge < -0.3 is 4.72 Å². The van der Waals surface area contributed by atoms with E-state index in [0.717, 1.165) is 5.69 Å². The van der Waals surface area contributed by atoms with Gasteiger partial charge in [-0.15, -0.1) is 0 Å². The SMILES string of the molecule is C=S(=O)(CC)Nc1ccccc1. The first kappa shape index (κ1) is 9.13. The topological polar surface area (TPSA) is 29.1 Å². The first-order chi connectivity index (χ1) is 5.64. The van der Waals surface area contributed by atoms with Crippen molar-refractivity contribution in [3.05, 3.63) is 30.3 Å². The maximum absolute atomic E-state index is 11.5. The quantitative estimate of drug-likeness (QED) is 0.711. The van der Waals surface area contributed by atoms with Crippen molar-refractivity contribution in [1.29, 1.82) is 0 Å². The molecular formula is C9H13NOS. The smallest absolute Gasteiger partial charge is 0.0456 e. The minimum absolute atomic E-state index is 0.544. The highest BCUT2D eigenvalue weighted by Gasteiger charge is 1.97. The van der Waals surface area contributed by atoms with E-state index in [-0.39, 0.29) is 0 Å². The number of benzene rings is 1. The summed E-state index contributed by atoms with van der Waals surface area (Å²) in [6.07, 6.45) is 0. The second-order valence-electron chi connectivity index (χ2n) is 2.57. The summed E-state index contributed by atoms with van der Waals surface area (Å²) in [6, 6.07) is 9.46. The van der Waals surface area contributed by atoms with E-state index in [1.54, 1.807) is 0 Å². The Balaban J connectivity index is 2.78. The van der Waals surface area contributed by atoms with Crippen LogP contribution in [0.1, 0.15) is 6.92 Å². The van der Waals surface area contributed by atoms with E-state index in [9.17, 15) is 4.21 Å². The summed E-state index contributed by atoms with van der Waals surface area (Å²) in [5.41, 5.74) is 0.861. The molecule has 1 rings (SSSR count). The molecule has 0 saturated carbocycles. The Morgan fingerprint density at radius 3 is 2.50 bits per heavy atom. The van der Waals surface area contributed by atoms with E-state index in [4.69, 9.17) is 0 Å². The van der Waals surface area contributed by atoms with Crippen LogP contribution < -0.4 is 4.72 Å². The van der Waals surface area contributed by atoms with Crippen LogP contribution in [0.2, 0.25) is 0 Å². The van der Waals surface area contributed by atoms with Crippen molar-refractivity contribution in [2.24, 2.45) is 0 Å². The lowest BCUT2D eigenvalue weighted by atomic mass is 10.3. The van der Waals surface area contributed by atoms with Crippen LogP contribution in [0.25, 0.3) is 0 Å². The summed E-state index contributed by atoms with van der Waals surface area (Å²) in [7, 11) is -2.12. The third-order valence-corrected chi connectivity index (χ3v) is 3.08. The Morgan fingerprint density at radius 2 is 2.00 bits per heavy atom. The van der Waals surface area contributed by atoms with Gasteiger partial charge in [-0.2, -0.15) is 0 Å². The Hall–Kier alpha value is -0.960. The molecule has 3 heteroatoms. The molecule has 12 heavy (non-hydrogen) atoms. The highest BCUT2D eigenvalue weighted by molar-refractivity contribution is 8.01. The average molecular weight is 183 g/mol. The van der Waals surface area contributed by atoms with Crippen LogP contribution in [-0.2, 0) is 9.71 Å². The van der Waals surface area contributed by atoms with E-state index in [0.29, 0.717) is 5.75 Å². The van der Waals surface area contributed by atoms with Crippen LogP contribution in [0.4, 0.5) is 5.69 Å². The summed E-state index contributed by atoms with van der Waals surface area (Å²) < 4.78 is 14.4. The monoisotopic (exact) mass is 183 g/mol. The summed E-state index contributed by atoms with van der Waals surface area (Å²) in [5, 5.41) is 0. The second-order valence-corrected chi connectivity index (χ2v) is 4.97. The number of rotatable bonds is 3. The van der Waals surface area contributed by atoms with Gasteiger partial charge in [0.05, 0.1) is 0 Å². The van der Waals surface area contributed by atoms with Crippen molar-refractivity contribution in [3.8, 4) is 0 Å². The van der Waals surface area contributed by atoms with Crippen molar-refractivity contribution in [2.75, 3.05) is 10.5 Å². The molecular weight excluding hydrogens is 170 g/mol. The van der Waals surface area contributed by atoms with E-state index < -0.39 is 9.71 Å². The molecule has 1 atom stereocenters. The molecule has 1 unspecified atom stereocenters. The van der Waals surface area contributed by atoms with Gasteiger partial charge >= 0.3 is 0 Å². The van der Waals surface area contributed by atoms with Gasteiger partial charge in [-0.3, -0.25) is 0 Å². The molecule has 1 aromatic rings. The summed E-state index contributed by atoms with van der Waals surface area (Å²) in [5.74, 6) is 4.14. The number of nitrogens with one attached hydrogen (secondary N) is 1. The first-order valence-electron chi connectivity index (χ1n) is 3.82. The maximum atomic E-state index is 11.5. The molecule has 1 N–H and O–H groups in total. The fourth-order valence-corrected chi connectivity index (χ4v) is 1.50. The molecule has 0 spiro atoms. The van der Waals surface area contributed by atoms with Crippen molar-refractivity contribution in [3.63, 3.8) is 0 Å². The van der Waals surface area contributed by atoms with Crippen molar-refractivity contribution < 1.29 is 4.21 Å². The molecule has 66 valence electrons. The average Bonchev–Trinajstić information content (AvgIpc) is 2.06. The normalized spacial score (nSPS) is 15.1. The van der Waals surface area contributed by atoms with E-state index in [1.165, 1.54) is 0 Å². The molecule has 0 aromatic heterocycles. The Bertz CT molecular complexity index is 329. The molecule has 0 saturated heterocycles. The fourth-order valence-electron chi connectivity index (χ4n) is 0.793. The highest BCUT2D eigenvalue weighted by atomic mass is 32.2. The van der Waals surface area contributed by atoms with Crippen LogP contribution in [0.15, 0.2) is 30.3 Å². The minimum Gasteiger partial charge on any atom is -0.313 e. The molecule has 0 aliphatic heterocycles. The number of anilines is 1. The minimum atomic E-state index is -2.12. The van der Waals surface area contributed by atoms with Crippen LogP contribution in [-0.4, -0.2) is 15.8 Å². The standard InChI is InChI=1S/C9H13NOS/c1-3-12(2,11)10-9-7-5-4-6-8-9/h4-8H,2-3H2,1H3,(H,10,11). The fraction of sp³-hybridized carbons (Fsp3) is 0.222. The molecule has 0 radical (unpaired) electrons. The lowest BCUT2D eigenvalue weighted by Crippen LogP contribution is -2.13. The zero-order valence-electron chi connectivity index (χ0n) is 7.12. The molecule has 2 nitrogen and oxygen atoms in total. The van der Waals surface area contributed by atoms with Gasteiger partial charge in [-0.25, -0.2) is 4.21 Å². The van der Waals surface area contributed by atoms with E-state index in [1.807, 2.05) is 37.3 Å². The summed E-state index contributed by atoms with van der Waals surface area (Å²) in [6.45, 7) is 1.85. The summed E-state index contributed by atoms with van der Waals surface area (Å²) in [4.78, 5) is 0. The Morgan fingerprint density at radius 1 is 1.42 bits per heavy atom. The predicted molar refractivity (Wildman–Crippen MR) is 55.9 cm³/mol. The highest BCUT2D eigenvalue weighted by Crippen LogP contribution is 2.07. The van der Waals surface area contributed by atoms with Gasteiger partial charge in [0.2, 0.25) is 0 Å². The van der Waals surface area contributed by atoms with Crippen LogP contribution in [0, 0.1) is 0 Å². The molecule has 0 bridgehead atoms. The molecule has 0 aliphatic carbocycles. The first-order valence-corrected chi connectivity index (χ1v) is 5.71. The molecule has 1 aromatic carbocycles. The lowest BCUT2D eigenvalue weighted by Gasteiger charge is -2.09. The van der Waals surface area contributed by atoms with Crippen molar-refractivity contribution >= 4 is 21.3 Å². The number of para-hydroxylation sites is 1. The third kappa shape index (κ3) is 2.58. The summed E-state index contributed by atoms with van der Waals surface area (Å²) >= 11 is 0. The lowest BCUT2D eigenvalue weighted by molar-refractivity contribution is 0.685. The van der Waals surface area contributed by atoms with Gasteiger partial charge in [-0.05, 0) is 18.0 Å². The largest absolute Gasteiger partial charge is 0.313 e. The zero-order valence-corrected chi connectivity index (χ0v) is 7.93. The van der Waals surface area contributed by atoms with E-state index >= 15 is 0 Å². The van der Waals surface area contributed by atoms with Gasteiger partial charge in [0.1, 0.15) is 0 Å². The number of hydrogen-bond acceptors (Lipinski definition) is 1. The van der Waals surface area contributed by atoms with Gasteiger partial charge in [0.15, 0.2) is 0 Å². The number of hydrogen-bond donors (Lipinski definition) is 1. The molecule has 0 aliphatic rings. The van der Waals surface area contributed by atoms with Crippen molar-refractivity contribution in [1.82, 2.24) is 0 Å². The van der Waals surface area contributed by atoms with Crippen molar-refractivity contribution in [2.45, 2.75) is 6.92 Å². The molecule has 0 amide bonds. The maximum Gasteiger partial charge on any atom is 0.0456 e. The Kier molecular flexibility index (Phi) is 2.76. The van der Waals surface area contributed by atoms with Gasteiger partial charge in [0, 0.05) is 21.1 Å². The predicted octanol–water partition coefficient (Wildman–Crippen LogP) is 1.75. The Labute approximate surface area is 73.8 Å². The van der Waals surface area contributed by atoms with Crippen LogP contribution in [0.3, 0.4) is 0 Å². The third-order valence-electron chi connectivity index (χ3n) is 1.54. The molecule has 0 heterocycles. The van der Waals surface area contributed by atoms with Gasteiger partial charge in [0.25, 0.3) is 0 Å². The van der Waals surface area contributed by atoms with E-state index in [2.05, 4.69) is 10.6 Å². The van der Waals surface area contributed by atoms with Crippen LogP contribution >= 0.6 is 0 Å².